The summed E-state index contributed by atoms with van der Waals surface area (Å²) in [6.07, 6.45) is 2.70. The molecule has 10 nitrogen and oxygen atoms in total. The van der Waals surface area contributed by atoms with Gasteiger partial charge >= 0.3 is 6.01 Å². The van der Waals surface area contributed by atoms with Crippen LogP contribution in [0, 0.1) is 28.5 Å². The number of ether oxygens (including phenoxy) is 1. The van der Waals surface area contributed by atoms with Crippen molar-refractivity contribution < 1.29 is 18.6 Å². The van der Waals surface area contributed by atoms with Gasteiger partial charge in [0.25, 0.3) is 0 Å². The van der Waals surface area contributed by atoms with Crippen molar-refractivity contribution in [2.45, 2.75) is 62.6 Å². The number of nitrogens with zero attached hydrogens (tertiary/aromatic N) is 7. The van der Waals surface area contributed by atoms with E-state index in [4.69, 9.17) is 20.4 Å². The van der Waals surface area contributed by atoms with Gasteiger partial charge < -0.3 is 20.5 Å². The lowest BCUT2D eigenvalue weighted by molar-refractivity contribution is 0.0352. The molecule has 5 heterocycles. The number of thiophene rings is 1. The maximum atomic E-state index is 14.9. The Morgan fingerprint density at radius 1 is 1.23 bits per heavy atom. The molecule has 3 aliphatic heterocycles. The highest BCUT2D eigenvalue weighted by atomic mass is 32.1. The lowest BCUT2D eigenvalue weighted by Crippen LogP contribution is -2.45. The minimum Gasteiger partial charge on any atom is -0.461 e. The standard InChI is InChI=1S/C35H36F2N8O2S/c1-4-28(46)45-13-10-27(19(45)2)43(3)33-23-7-6-21(22-8-9-26(37)31-29(22)25(16-39)32(40)48-31)24(15-38)30(23)41-34(42-33)47-18-35-11-5-12-44(35)17-20(36)14-35/h4,6-9,19-20,27-28,46H,1,5,10-14,17-18,40H2,2-3H3/t19?,20-,27?,28?,35+/m1/s1. The zero-order chi connectivity index (χ0) is 33.9. The largest absolute Gasteiger partial charge is 0.461 e. The van der Waals surface area contributed by atoms with Crippen molar-refractivity contribution in [2.75, 3.05) is 43.9 Å². The van der Waals surface area contributed by atoms with Gasteiger partial charge in [-0.05, 0) is 56.5 Å². The average molecular weight is 671 g/mol. The number of fused-ring (bicyclic) bond motifs is 3. The van der Waals surface area contributed by atoms with Crippen LogP contribution in [-0.4, -0.2) is 88.2 Å². The number of alkyl halides is 1. The summed E-state index contributed by atoms with van der Waals surface area (Å²) >= 11 is 0.995. The number of anilines is 2. The number of aliphatic hydroxyl groups excluding tert-OH is 1. The zero-order valence-electron chi connectivity index (χ0n) is 26.8. The van der Waals surface area contributed by atoms with Crippen LogP contribution in [0.4, 0.5) is 19.6 Å². The minimum atomic E-state index is -0.921. The first-order valence-corrected chi connectivity index (χ1v) is 16.9. The van der Waals surface area contributed by atoms with Crippen molar-refractivity contribution in [3.63, 3.8) is 0 Å². The van der Waals surface area contributed by atoms with Crippen molar-refractivity contribution >= 4 is 43.1 Å². The third kappa shape index (κ3) is 5.04. The Hall–Kier alpha value is -4.40. The van der Waals surface area contributed by atoms with Crippen LogP contribution in [0.5, 0.6) is 6.01 Å². The lowest BCUT2D eigenvalue weighted by Gasteiger charge is -2.34. The summed E-state index contributed by atoms with van der Waals surface area (Å²) in [6.45, 7) is 7.84. The second-order valence-corrected chi connectivity index (χ2v) is 14.1. The molecule has 0 aliphatic carbocycles. The molecule has 0 saturated carbocycles. The topological polar surface area (TPSA) is 139 Å². The Morgan fingerprint density at radius 2 is 2.00 bits per heavy atom. The summed E-state index contributed by atoms with van der Waals surface area (Å²) in [7, 11) is 1.93. The molecular weight excluding hydrogens is 635 g/mol. The molecule has 2 aromatic heterocycles. The molecule has 0 radical (unpaired) electrons. The summed E-state index contributed by atoms with van der Waals surface area (Å²) in [6, 6.07) is 10.8. The normalized spacial score (nSPS) is 24.9. The third-order valence-corrected chi connectivity index (χ3v) is 11.6. The van der Waals surface area contributed by atoms with Gasteiger partial charge in [0.15, 0.2) is 0 Å². The minimum absolute atomic E-state index is 0.0505. The average Bonchev–Trinajstić information content (AvgIpc) is 3.83. The first-order chi connectivity index (χ1) is 23.1. The van der Waals surface area contributed by atoms with Crippen LogP contribution in [0.15, 0.2) is 36.9 Å². The molecule has 5 atom stereocenters. The van der Waals surface area contributed by atoms with Gasteiger partial charge in [0, 0.05) is 55.0 Å². The van der Waals surface area contributed by atoms with Crippen LogP contribution < -0.4 is 15.4 Å². The quantitative estimate of drug-likeness (QED) is 0.237. The number of benzene rings is 2. The van der Waals surface area contributed by atoms with Crippen LogP contribution in [0.1, 0.15) is 43.7 Å². The van der Waals surface area contributed by atoms with Gasteiger partial charge in [-0.15, -0.1) is 11.3 Å². The molecule has 0 spiro atoms. The number of nitrogens with two attached hydrogens (primary N) is 1. The molecular formula is C35H36F2N8O2S. The van der Waals surface area contributed by atoms with E-state index in [2.05, 4.69) is 23.6 Å². The highest BCUT2D eigenvalue weighted by molar-refractivity contribution is 7.23. The second kappa shape index (κ2) is 12.2. The Balaban J connectivity index is 1.38. The first-order valence-electron chi connectivity index (χ1n) is 16.1. The fraction of sp³-hybridized carbons (Fsp3) is 0.429. The van der Waals surface area contributed by atoms with E-state index in [9.17, 15) is 24.4 Å². The van der Waals surface area contributed by atoms with Crippen molar-refractivity contribution in [3.8, 4) is 29.3 Å². The second-order valence-electron chi connectivity index (χ2n) is 13.0. The van der Waals surface area contributed by atoms with Crippen molar-refractivity contribution in [3.05, 3.63) is 53.9 Å². The predicted molar refractivity (Wildman–Crippen MR) is 182 cm³/mol. The molecule has 48 heavy (non-hydrogen) atoms. The smallest absolute Gasteiger partial charge is 0.319 e. The van der Waals surface area contributed by atoms with Crippen LogP contribution >= 0.6 is 11.3 Å². The van der Waals surface area contributed by atoms with E-state index in [1.807, 2.05) is 29.8 Å². The molecule has 0 amide bonds. The van der Waals surface area contributed by atoms with Crippen molar-refractivity contribution in [2.24, 2.45) is 0 Å². The third-order valence-electron chi connectivity index (χ3n) is 10.5. The Labute approximate surface area is 281 Å². The molecule has 248 valence electrons. The van der Waals surface area contributed by atoms with Gasteiger partial charge in [-0.1, -0.05) is 18.7 Å². The molecule has 3 fully saturated rings. The highest BCUT2D eigenvalue weighted by Crippen LogP contribution is 2.44. The summed E-state index contributed by atoms with van der Waals surface area (Å²) in [4.78, 5) is 15.8. The van der Waals surface area contributed by atoms with Crippen molar-refractivity contribution in [1.29, 1.82) is 10.5 Å². The van der Waals surface area contributed by atoms with Crippen molar-refractivity contribution in [1.82, 2.24) is 19.8 Å². The first kappa shape index (κ1) is 32.2. The fourth-order valence-electron chi connectivity index (χ4n) is 8.13. The number of hydrogen-bond acceptors (Lipinski definition) is 11. The van der Waals surface area contributed by atoms with Crippen LogP contribution in [0.2, 0.25) is 0 Å². The Morgan fingerprint density at radius 3 is 2.75 bits per heavy atom. The number of likely N-dealkylation sites (N-methyl/N-ethyl adjacent to an activating group) is 1. The number of hydrogen-bond donors (Lipinski definition) is 2. The maximum Gasteiger partial charge on any atom is 0.319 e. The number of nitriles is 2. The summed E-state index contributed by atoms with van der Waals surface area (Å²) < 4.78 is 36.1. The van der Waals surface area contributed by atoms with E-state index < -0.39 is 23.8 Å². The maximum absolute atomic E-state index is 14.9. The van der Waals surface area contributed by atoms with Crippen LogP contribution in [0.3, 0.4) is 0 Å². The van der Waals surface area contributed by atoms with Gasteiger partial charge in [-0.25, -0.2) is 8.78 Å². The van der Waals surface area contributed by atoms with E-state index in [0.717, 1.165) is 37.1 Å². The molecule has 3 aliphatic rings. The predicted octanol–water partition coefficient (Wildman–Crippen LogP) is 5.33. The molecule has 13 heteroatoms. The van der Waals surface area contributed by atoms with Gasteiger partial charge in [-0.3, -0.25) is 9.80 Å². The summed E-state index contributed by atoms with van der Waals surface area (Å²) in [5, 5.41) is 32.3. The van der Waals surface area contributed by atoms with Crippen LogP contribution in [0.25, 0.3) is 32.1 Å². The van der Waals surface area contributed by atoms with Crippen LogP contribution in [-0.2, 0) is 0 Å². The number of rotatable bonds is 8. The number of halogens is 2. The summed E-state index contributed by atoms with van der Waals surface area (Å²) in [5.74, 6) is 0.0411. The van der Waals surface area contributed by atoms with Gasteiger partial charge in [0.2, 0.25) is 0 Å². The monoisotopic (exact) mass is 670 g/mol. The highest BCUT2D eigenvalue weighted by Gasteiger charge is 2.49. The van der Waals surface area contributed by atoms with Gasteiger partial charge in [-0.2, -0.15) is 20.5 Å². The van der Waals surface area contributed by atoms with Gasteiger partial charge in [0.1, 0.15) is 47.8 Å². The van der Waals surface area contributed by atoms with E-state index in [0.29, 0.717) is 52.7 Å². The molecule has 3 unspecified atom stereocenters. The molecule has 4 aromatic rings. The van der Waals surface area contributed by atoms with E-state index in [-0.39, 0.29) is 45.5 Å². The fourth-order valence-corrected chi connectivity index (χ4v) is 9.08. The number of nitrogen functional groups attached to an aromatic ring is 1. The Bertz CT molecular complexity index is 2020. The van der Waals surface area contributed by atoms with E-state index in [1.165, 1.54) is 12.1 Å². The van der Waals surface area contributed by atoms with E-state index >= 15 is 0 Å². The Kier molecular flexibility index (Phi) is 8.20. The summed E-state index contributed by atoms with van der Waals surface area (Å²) in [5.41, 5.74) is 7.35. The molecule has 2 aromatic carbocycles. The molecule has 3 saturated heterocycles. The zero-order valence-corrected chi connectivity index (χ0v) is 27.6. The number of aliphatic hydroxyl groups is 1. The number of likely N-dealkylation sites (tertiary alicyclic amines) is 1. The number of aromatic nitrogens is 2. The lowest BCUT2D eigenvalue weighted by atomic mass is 9.93. The molecule has 7 rings (SSSR count). The molecule has 0 bridgehead atoms. The molecule has 3 N–H and O–H groups in total. The SMILES string of the molecule is C=CC(O)N1CCC(N(C)c2nc(OC[C@@]34CCCN3C[C@H](F)C4)nc3c(C#N)c(-c4ccc(F)c5sc(N)c(C#N)c45)ccc23)C1C. The van der Waals surface area contributed by atoms with Gasteiger partial charge in [0.05, 0.1) is 26.9 Å². The van der Waals surface area contributed by atoms with E-state index in [1.54, 1.807) is 12.1 Å².